The summed E-state index contributed by atoms with van der Waals surface area (Å²) < 4.78 is 5.74. The largest absolute Gasteiger partial charge is 0.373 e. The summed E-state index contributed by atoms with van der Waals surface area (Å²) in [6, 6.07) is 0. The van der Waals surface area contributed by atoms with Crippen LogP contribution >= 0.6 is 22.9 Å². The van der Waals surface area contributed by atoms with Gasteiger partial charge in [-0.15, -0.1) is 22.9 Å². The number of ether oxygens (including phenoxy) is 1. The minimum absolute atomic E-state index is 0.369. The molecule has 0 aliphatic carbocycles. The lowest BCUT2D eigenvalue weighted by Crippen LogP contribution is -2.45. The summed E-state index contributed by atoms with van der Waals surface area (Å²) in [5.74, 6) is 0.528. The molecule has 0 N–H and O–H groups in total. The fraction of sp³-hybridized carbons (Fsp3) is 0.786. The van der Waals surface area contributed by atoms with Crippen molar-refractivity contribution in [2.45, 2.75) is 51.2 Å². The molecular weight excluding hydrogens is 280 g/mol. The van der Waals surface area contributed by atoms with E-state index in [0.29, 0.717) is 18.1 Å². The van der Waals surface area contributed by atoms with Crippen molar-refractivity contribution in [2.75, 3.05) is 19.6 Å². The second-order valence-electron chi connectivity index (χ2n) is 5.34. The lowest BCUT2D eigenvalue weighted by Gasteiger charge is -2.35. The first-order valence-corrected chi connectivity index (χ1v) is 8.46. The molecule has 0 amide bonds. The fourth-order valence-electron chi connectivity index (χ4n) is 2.60. The van der Waals surface area contributed by atoms with Gasteiger partial charge in [-0.25, -0.2) is 4.98 Å². The van der Waals surface area contributed by atoms with E-state index in [0.717, 1.165) is 25.2 Å². The molecule has 19 heavy (non-hydrogen) atoms. The molecule has 2 atom stereocenters. The zero-order valence-corrected chi connectivity index (χ0v) is 13.3. The van der Waals surface area contributed by atoms with Crippen LogP contribution < -0.4 is 0 Å². The number of hydrogen-bond donors (Lipinski definition) is 0. The minimum atomic E-state index is 0.369. The van der Waals surface area contributed by atoms with E-state index in [1.54, 1.807) is 11.3 Å². The number of halogens is 1. The molecule has 1 fully saturated rings. The van der Waals surface area contributed by atoms with Crippen molar-refractivity contribution in [2.24, 2.45) is 0 Å². The summed E-state index contributed by atoms with van der Waals surface area (Å²) in [5.41, 5.74) is 1.01. The second kappa shape index (κ2) is 7.58. The smallest absolute Gasteiger partial charge is 0.0928 e. The summed E-state index contributed by atoms with van der Waals surface area (Å²) in [6.45, 7) is 7.62. The molecular formula is C14H23ClN2OS. The maximum atomic E-state index is 5.76. The molecule has 1 aliphatic rings. The van der Waals surface area contributed by atoms with E-state index in [1.165, 1.54) is 24.4 Å². The molecule has 0 spiro atoms. The summed E-state index contributed by atoms with van der Waals surface area (Å²) >= 11 is 7.49. The maximum Gasteiger partial charge on any atom is 0.0928 e. The lowest BCUT2D eigenvalue weighted by atomic mass is 10.2. The number of rotatable bonds is 6. The van der Waals surface area contributed by atoms with Crippen LogP contribution in [-0.4, -0.2) is 41.7 Å². The van der Waals surface area contributed by atoms with Gasteiger partial charge in [0.25, 0.3) is 0 Å². The van der Waals surface area contributed by atoms with Gasteiger partial charge in [0.2, 0.25) is 0 Å². The second-order valence-corrected chi connectivity index (χ2v) is 6.55. The number of nitrogens with zero attached hydrogens (tertiary/aromatic N) is 2. The molecule has 1 aliphatic heterocycles. The topological polar surface area (TPSA) is 25.4 Å². The van der Waals surface area contributed by atoms with Gasteiger partial charge in [0, 0.05) is 18.5 Å². The van der Waals surface area contributed by atoms with Crippen LogP contribution in [0.4, 0.5) is 0 Å². The molecule has 0 aromatic carbocycles. The summed E-state index contributed by atoms with van der Waals surface area (Å²) in [5, 5.41) is 3.28. The third-order valence-corrected chi connectivity index (χ3v) is 4.58. The number of alkyl halides is 1. The van der Waals surface area contributed by atoms with E-state index < -0.39 is 0 Å². The highest BCUT2D eigenvalue weighted by molar-refractivity contribution is 7.09. The Morgan fingerprint density at radius 2 is 2.11 bits per heavy atom. The van der Waals surface area contributed by atoms with E-state index in [2.05, 4.69) is 29.1 Å². The van der Waals surface area contributed by atoms with Crippen LogP contribution in [0.25, 0.3) is 0 Å². The standard InChI is InChI=1S/C14H23ClN2OS/c1-11-8-17(9-12(2)18-11)6-4-3-5-14-16-13(7-15)10-19-14/h10-12H,3-9H2,1-2H3. The quantitative estimate of drug-likeness (QED) is 0.595. The summed E-state index contributed by atoms with van der Waals surface area (Å²) in [7, 11) is 0. The summed E-state index contributed by atoms with van der Waals surface area (Å²) in [4.78, 5) is 7.01. The number of thiazole rings is 1. The minimum Gasteiger partial charge on any atom is -0.373 e. The third kappa shape index (κ3) is 5.03. The van der Waals surface area contributed by atoms with Crippen molar-refractivity contribution in [1.29, 1.82) is 0 Å². The molecule has 3 nitrogen and oxygen atoms in total. The monoisotopic (exact) mass is 302 g/mol. The first kappa shape index (κ1) is 15.2. The highest BCUT2D eigenvalue weighted by Crippen LogP contribution is 2.15. The van der Waals surface area contributed by atoms with E-state index in [-0.39, 0.29) is 0 Å². The van der Waals surface area contributed by atoms with E-state index >= 15 is 0 Å². The molecule has 2 rings (SSSR count). The van der Waals surface area contributed by atoms with Crippen LogP contribution in [0.3, 0.4) is 0 Å². The summed E-state index contributed by atoms with van der Waals surface area (Å²) in [6.07, 6.45) is 4.25. The zero-order valence-electron chi connectivity index (χ0n) is 11.8. The molecule has 0 bridgehead atoms. The molecule has 0 radical (unpaired) electrons. The van der Waals surface area contributed by atoms with Crippen molar-refractivity contribution in [3.05, 3.63) is 16.1 Å². The van der Waals surface area contributed by atoms with Crippen LogP contribution in [0.2, 0.25) is 0 Å². The van der Waals surface area contributed by atoms with Crippen molar-refractivity contribution in [3.8, 4) is 0 Å². The normalized spacial score (nSPS) is 24.8. The number of morpholine rings is 1. The SMILES string of the molecule is CC1CN(CCCCc2nc(CCl)cs2)CC(C)O1. The van der Waals surface area contributed by atoms with Gasteiger partial charge in [0.1, 0.15) is 0 Å². The molecule has 0 saturated carbocycles. The lowest BCUT2D eigenvalue weighted by molar-refractivity contribution is -0.0681. The van der Waals surface area contributed by atoms with Crippen molar-refractivity contribution in [3.63, 3.8) is 0 Å². The first-order valence-electron chi connectivity index (χ1n) is 7.04. The van der Waals surface area contributed by atoms with E-state index in [9.17, 15) is 0 Å². The average Bonchev–Trinajstić information content (AvgIpc) is 2.81. The van der Waals surface area contributed by atoms with Gasteiger partial charge in [-0.2, -0.15) is 0 Å². The van der Waals surface area contributed by atoms with Gasteiger partial charge in [-0.1, -0.05) is 0 Å². The number of aromatic nitrogens is 1. The Balaban J connectivity index is 1.63. The molecule has 5 heteroatoms. The van der Waals surface area contributed by atoms with Crippen LogP contribution in [0.5, 0.6) is 0 Å². The highest BCUT2D eigenvalue weighted by Gasteiger charge is 2.21. The number of aryl methyl sites for hydroxylation is 1. The van der Waals surface area contributed by atoms with Crippen LogP contribution in [0.1, 0.15) is 37.4 Å². The first-order chi connectivity index (χ1) is 9.17. The van der Waals surface area contributed by atoms with Crippen molar-refractivity contribution >= 4 is 22.9 Å². The Hall–Kier alpha value is -0.160. The maximum absolute atomic E-state index is 5.76. The van der Waals surface area contributed by atoms with Crippen molar-refractivity contribution in [1.82, 2.24) is 9.88 Å². The van der Waals surface area contributed by atoms with Crippen LogP contribution in [0, 0.1) is 0 Å². The Kier molecular flexibility index (Phi) is 6.07. The van der Waals surface area contributed by atoms with Gasteiger partial charge in [-0.05, 0) is 39.7 Å². The van der Waals surface area contributed by atoms with Crippen LogP contribution in [-0.2, 0) is 17.0 Å². The average molecular weight is 303 g/mol. The Morgan fingerprint density at radius 3 is 2.74 bits per heavy atom. The zero-order chi connectivity index (χ0) is 13.7. The number of hydrogen-bond acceptors (Lipinski definition) is 4. The number of unbranched alkanes of at least 4 members (excludes halogenated alkanes) is 1. The third-order valence-electron chi connectivity index (χ3n) is 3.35. The molecule has 1 saturated heterocycles. The molecule has 1 aromatic rings. The van der Waals surface area contributed by atoms with Gasteiger partial charge >= 0.3 is 0 Å². The van der Waals surface area contributed by atoms with E-state index in [1.807, 2.05) is 0 Å². The predicted octanol–water partition coefficient (Wildman–Crippen LogP) is 3.31. The van der Waals surface area contributed by atoms with Gasteiger partial charge in [0.15, 0.2) is 0 Å². The Morgan fingerprint density at radius 1 is 1.37 bits per heavy atom. The Labute approximate surface area is 124 Å². The molecule has 2 unspecified atom stereocenters. The van der Waals surface area contributed by atoms with Crippen molar-refractivity contribution < 1.29 is 4.74 Å². The molecule has 2 heterocycles. The van der Waals surface area contributed by atoms with Gasteiger partial charge < -0.3 is 4.74 Å². The predicted molar refractivity (Wildman–Crippen MR) is 81.1 cm³/mol. The van der Waals surface area contributed by atoms with Gasteiger partial charge in [-0.3, -0.25) is 4.90 Å². The molecule has 1 aromatic heterocycles. The van der Waals surface area contributed by atoms with Crippen LogP contribution in [0.15, 0.2) is 5.38 Å². The fourth-order valence-corrected chi connectivity index (χ4v) is 3.67. The highest BCUT2D eigenvalue weighted by atomic mass is 35.5. The molecule has 108 valence electrons. The van der Waals surface area contributed by atoms with E-state index in [4.69, 9.17) is 16.3 Å². The Bertz CT molecular complexity index is 375. The van der Waals surface area contributed by atoms with Gasteiger partial charge in [0.05, 0.1) is 28.8 Å².